The quantitative estimate of drug-likeness (QED) is 0.799. The molecule has 22 heavy (non-hydrogen) atoms. The van der Waals surface area contributed by atoms with Crippen LogP contribution in [0.15, 0.2) is 35.2 Å². The summed E-state index contributed by atoms with van der Waals surface area (Å²) in [6.45, 7) is 2.02. The first kappa shape index (κ1) is 17.0. The topological polar surface area (TPSA) is 63.7 Å². The van der Waals surface area contributed by atoms with Crippen LogP contribution >= 0.6 is 0 Å². The average Bonchev–Trinajstić information content (AvgIpc) is 2.54. The van der Waals surface area contributed by atoms with Crippen molar-refractivity contribution in [1.82, 2.24) is 4.90 Å². The summed E-state index contributed by atoms with van der Waals surface area (Å²) in [5, 5.41) is 0. The molecule has 1 aliphatic heterocycles. The molecule has 1 unspecified atom stereocenters. The third kappa shape index (κ3) is 4.55. The lowest BCUT2D eigenvalue weighted by Gasteiger charge is -2.32. The molecule has 0 aromatic heterocycles. The third-order valence-corrected chi connectivity index (χ3v) is 5.69. The van der Waals surface area contributed by atoms with Crippen LogP contribution in [0, 0.1) is 5.92 Å². The van der Waals surface area contributed by atoms with E-state index in [0.29, 0.717) is 25.6 Å². The molecule has 2 rings (SSSR count). The number of nitrogens with zero attached hydrogens (tertiary/aromatic N) is 1. The van der Waals surface area contributed by atoms with Crippen LogP contribution in [0.4, 0.5) is 0 Å². The standard InChI is InChI=1S/C16H23NO4S/c1-21-13-14-6-5-10-17(12-14)16(18)9-11-22(19,20)15-7-3-2-4-8-15/h2-4,7-8,14H,5-6,9-13H2,1H3. The van der Waals surface area contributed by atoms with Gasteiger partial charge in [-0.15, -0.1) is 0 Å². The van der Waals surface area contributed by atoms with Crippen LogP contribution in [0.3, 0.4) is 0 Å². The molecular weight excluding hydrogens is 302 g/mol. The molecule has 0 spiro atoms. The Kier molecular flexibility index (Phi) is 5.97. The minimum atomic E-state index is -3.39. The van der Waals surface area contributed by atoms with Crippen molar-refractivity contribution in [2.24, 2.45) is 5.92 Å². The Bertz CT molecular complexity index is 583. The normalized spacial score (nSPS) is 19.1. The number of amides is 1. The van der Waals surface area contributed by atoms with E-state index in [9.17, 15) is 13.2 Å². The Morgan fingerprint density at radius 2 is 2.05 bits per heavy atom. The molecule has 1 atom stereocenters. The molecule has 1 aromatic rings. The van der Waals surface area contributed by atoms with Crippen molar-refractivity contribution in [2.45, 2.75) is 24.2 Å². The Morgan fingerprint density at radius 1 is 1.32 bits per heavy atom. The van der Waals surface area contributed by atoms with Gasteiger partial charge in [-0.25, -0.2) is 8.42 Å². The maximum absolute atomic E-state index is 12.2. The number of sulfone groups is 1. The molecule has 0 bridgehead atoms. The van der Waals surface area contributed by atoms with Gasteiger partial charge in [-0.3, -0.25) is 4.79 Å². The van der Waals surface area contributed by atoms with Gasteiger partial charge in [0, 0.05) is 26.6 Å². The molecule has 1 aromatic carbocycles. The second-order valence-corrected chi connectivity index (χ2v) is 7.79. The predicted molar refractivity (Wildman–Crippen MR) is 84.3 cm³/mol. The molecule has 122 valence electrons. The first-order valence-electron chi connectivity index (χ1n) is 7.57. The van der Waals surface area contributed by atoms with E-state index in [1.165, 1.54) is 0 Å². The number of methoxy groups -OCH3 is 1. The Hall–Kier alpha value is -1.40. The minimum absolute atomic E-state index is 0.0386. The van der Waals surface area contributed by atoms with Gasteiger partial charge in [0.15, 0.2) is 9.84 Å². The number of piperidine rings is 1. The summed E-state index contributed by atoms with van der Waals surface area (Å²) in [5.74, 6) is 0.134. The van der Waals surface area contributed by atoms with E-state index in [0.717, 1.165) is 12.8 Å². The number of carbonyl (C=O) groups excluding carboxylic acids is 1. The Balaban J connectivity index is 1.90. The highest BCUT2D eigenvalue weighted by molar-refractivity contribution is 7.91. The van der Waals surface area contributed by atoms with Gasteiger partial charge in [-0.05, 0) is 30.9 Å². The van der Waals surface area contributed by atoms with Crippen LogP contribution in [-0.2, 0) is 19.4 Å². The molecule has 1 fully saturated rings. The first-order valence-corrected chi connectivity index (χ1v) is 9.22. The molecule has 0 saturated carbocycles. The molecule has 1 amide bonds. The maximum Gasteiger partial charge on any atom is 0.223 e. The second-order valence-electron chi connectivity index (χ2n) is 5.69. The van der Waals surface area contributed by atoms with Crippen LogP contribution in [0.2, 0.25) is 0 Å². The highest BCUT2D eigenvalue weighted by Crippen LogP contribution is 2.18. The van der Waals surface area contributed by atoms with E-state index < -0.39 is 9.84 Å². The fraction of sp³-hybridized carbons (Fsp3) is 0.562. The largest absolute Gasteiger partial charge is 0.384 e. The summed E-state index contributed by atoms with van der Waals surface area (Å²) in [6.07, 6.45) is 2.04. The van der Waals surface area contributed by atoms with Crippen LogP contribution in [0.25, 0.3) is 0 Å². The maximum atomic E-state index is 12.2. The van der Waals surface area contributed by atoms with E-state index in [4.69, 9.17) is 4.74 Å². The second kappa shape index (κ2) is 7.74. The lowest BCUT2D eigenvalue weighted by molar-refractivity contribution is -0.132. The number of ether oxygens (including phenoxy) is 1. The summed E-state index contributed by atoms with van der Waals surface area (Å²) in [4.78, 5) is 14.3. The van der Waals surface area contributed by atoms with Crippen molar-refractivity contribution in [3.8, 4) is 0 Å². The van der Waals surface area contributed by atoms with Gasteiger partial charge < -0.3 is 9.64 Å². The van der Waals surface area contributed by atoms with Crippen molar-refractivity contribution >= 4 is 15.7 Å². The Labute approximate surface area is 132 Å². The highest BCUT2D eigenvalue weighted by Gasteiger charge is 2.25. The molecule has 1 saturated heterocycles. The van der Waals surface area contributed by atoms with Gasteiger partial charge in [-0.2, -0.15) is 0 Å². The first-order chi connectivity index (χ1) is 10.5. The summed E-state index contributed by atoms with van der Waals surface area (Å²) in [6, 6.07) is 8.28. The zero-order valence-corrected chi connectivity index (χ0v) is 13.7. The van der Waals surface area contributed by atoms with Crippen molar-refractivity contribution in [2.75, 3.05) is 32.6 Å². The average molecular weight is 325 g/mol. The van der Waals surface area contributed by atoms with Crippen molar-refractivity contribution in [1.29, 1.82) is 0 Å². The predicted octanol–water partition coefficient (Wildman–Crippen LogP) is 1.74. The molecule has 0 radical (unpaired) electrons. The van der Waals surface area contributed by atoms with Gasteiger partial charge in [0.05, 0.1) is 17.3 Å². The number of carbonyl (C=O) groups is 1. The molecule has 1 heterocycles. The minimum Gasteiger partial charge on any atom is -0.384 e. The van der Waals surface area contributed by atoms with Gasteiger partial charge >= 0.3 is 0 Å². The lowest BCUT2D eigenvalue weighted by atomic mass is 9.99. The third-order valence-electron chi connectivity index (χ3n) is 3.96. The van der Waals surface area contributed by atoms with E-state index in [-0.39, 0.29) is 23.0 Å². The van der Waals surface area contributed by atoms with E-state index in [2.05, 4.69) is 0 Å². The lowest BCUT2D eigenvalue weighted by Crippen LogP contribution is -2.41. The molecule has 1 aliphatic rings. The van der Waals surface area contributed by atoms with Crippen molar-refractivity contribution < 1.29 is 17.9 Å². The number of hydrogen-bond donors (Lipinski definition) is 0. The molecule has 0 N–H and O–H groups in total. The van der Waals surface area contributed by atoms with Gasteiger partial charge in [0.1, 0.15) is 0 Å². The highest BCUT2D eigenvalue weighted by atomic mass is 32.2. The number of benzene rings is 1. The summed E-state index contributed by atoms with van der Waals surface area (Å²) in [7, 11) is -1.73. The summed E-state index contributed by atoms with van der Waals surface area (Å²) in [5.41, 5.74) is 0. The molecule has 0 aliphatic carbocycles. The van der Waals surface area contributed by atoms with Crippen LogP contribution in [-0.4, -0.2) is 51.8 Å². The van der Waals surface area contributed by atoms with E-state index in [1.807, 2.05) is 0 Å². The van der Waals surface area contributed by atoms with Crippen molar-refractivity contribution in [3.63, 3.8) is 0 Å². The zero-order chi connectivity index (χ0) is 16.0. The van der Waals surface area contributed by atoms with E-state index >= 15 is 0 Å². The monoisotopic (exact) mass is 325 g/mol. The summed E-state index contributed by atoms with van der Waals surface area (Å²) >= 11 is 0. The van der Waals surface area contributed by atoms with Crippen molar-refractivity contribution in [3.05, 3.63) is 30.3 Å². The molecular formula is C16H23NO4S. The fourth-order valence-corrected chi connectivity index (χ4v) is 4.04. The fourth-order valence-electron chi connectivity index (χ4n) is 2.79. The number of hydrogen-bond acceptors (Lipinski definition) is 4. The van der Waals surface area contributed by atoms with E-state index in [1.54, 1.807) is 42.3 Å². The summed E-state index contributed by atoms with van der Waals surface area (Å²) < 4.78 is 29.5. The molecule has 5 nitrogen and oxygen atoms in total. The number of rotatable bonds is 6. The molecule has 6 heteroatoms. The van der Waals surface area contributed by atoms with Gasteiger partial charge in [0.2, 0.25) is 5.91 Å². The number of likely N-dealkylation sites (tertiary alicyclic amines) is 1. The van der Waals surface area contributed by atoms with Crippen LogP contribution in [0.5, 0.6) is 0 Å². The van der Waals surface area contributed by atoms with Crippen LogP contribution < -0.4 is 0 Å². The van der Waals surface area contributed by atoms with Gasteiger partial charge in [-0.1, -0.05) is 18.2 Å². The van der Waals surface area contributed by atoms with Gasteiger partial charge in [0.25, 0.3) is 0 Å². The zero-order valence-electron chi connectivity index (χ0n) is 12.9. The Morgan fingerprint density at radius 3 is 2.73 bits per heavy atom. The van der Waals surface area contributed by atoms with Crippen LogP contribution in [0.1, 0.15) is 19.3 Å². The SMILES string of the molecule is COCC1CCCN(C(=O)CCS(=O)(=O)c2ccccc2)C1. The smallest absolute Gasteiger partial charge is 0.223 e.